The maximum atomic E-state index is 13.8. The third-order valence-corrected chi connectivity index (χ3v) is 5.58. The Labute approximate surface area is 189 Å². The number of carbonyl (C=O) groups excluding carboxylic acids is 1. The van der Waals surface area contributed by atoms with Crippen molar-refractivity contribution in [2.75, 3.05) is 0 Å². The first kappa shape index (κ1) is 20.5. The first-order valence-corrected chi connectivity index (χ1v) is 10.5. The molecular formula is C23H14Br2FNO3. The Bertz CT molecular complexity index is 1150. The second-order valence-corrected chi connectivity index (χ2v) is 8.15. The van der Waals surface area contributed by atoms with Crippen molar-refractivity contribution in [1.29, 1.82) is 0 Å². The van der Waals surface area contributed by atoms with Gasteiger partial charge in [-0.1, -0.05) is 53.7 Å². The lowest BCUT2D eigenvalue weighted by atomic mass is 10.0. The summed E-state index contributed by atoms with van der Waals surface area (Å²) in [6, 6.07) is 19.4. The minimum atomic E-state index is -0.513. The number of nitrogens with zero attached hydrogens (tertiary/aromatic N) is 1. The topological polar surface area (TPSA) is 47.9 Å². The van der Waals surface area contributed by atoms with Gasteiger partial charge in [0.25, 0.3) is 0 Å². The molecule has 3 aromatic carbocycles. The molecule has 0 amide bonds. The Morgan fingerprint density at radius 2 is 1.67 bits per heavy atom. The van der Waals surface area contributed by atoms with Crippen molar-refractivity contribution in [3.05, 3.63) is 104 Å². The van der Waals surface area contributed by atoms with Crippen LogP contribution in [0.25, 0.3) is 6.08 Å². The van der Waals surface area contributed by atoms with Crippen LogP contribution in [0.4, 0.5) is 4.39 Å². The third-order valence-electron chi connectivity index (χ3n) is 4.40. The van der Waals surface area contributed by atoms with Crippen LogP contribution in [0, 0.1) is 5.82 Å². The molecule has 7 heteroatoms. The van der Waals surface area contributed by atoms with Crippen molar-refractivity contribution in [3.8, 4) is 5.75 Å². The number of oxime groups is 1. The van der Waals surface area contributed by atoms with Gasteiger partial charge >= 0.3 is 5.97 Å². The van der Waals surface area contributed by atoms with E-state index < -0.39 is 5.97 Å². The molecule has 0 aromatic heterocycles. The van der Waals surface area contributed by atoms with Crippen molar-refractivity contribution in [2.24, 2.45) is 5.16 Å². The summed E-state index contributed by atoms with van der Waals surface area (Å²) in [5.74, 6) is -0.300. The van der Waals surface area contributed by atoms with Gasteiger partial charge in [0.15, 0.2) is 0 Å². The molecule has 0 N–H and O–H groups in total. The smallest absolute Gasteiger partial charge is 0.368 e. The molecule has 0 unspecified atom stereocenters. The summed E-state index contributed by atoms with van der Waals surface area (Å²) in [4.78, 5) is 17.1. The second-order valence-electron chi connectivity index (χ2n) is 6.44. The van der Waals surface area contributed by atoms with E-state index in [0.29, 0.717) is 31.5 Å². The molecule has 30 heavy (non-hydrogen) atoms. The Kier molecular flexibility index (Phi) is 6.11. The van der Waals surface area contributed by atoms with Crippen LogP contribution in [-0.2, 0) is 16.2 Å². The molecule has 0 fully saturated rings. The summed E-state index contributed by atoms with van der Waals surface area (Å²) < 4.78 is 20.9. The van der Waals surface area contributed by atoms with Gasteiger partial charge in [0.2, 0.25) is 0 Å². The quantitative estimate of drug-likeness (QED) is 0.288. The number of benzene rings is 3. The fraction of sp³-hybridized carbons (Fsp3) is 0.0435. The molecule has 0 aliphatic carbocycles. The molecule has 0 spiro atoms. The SMILES string of the molecule is O=C1ON=C(c2ccccc2)/C1=C/c1cc(Br)c(OCc2ccccc2F)c(Br)c1. The highest BCUT2D eigenvalue weighted by Gasteiger charge is 2.26. The summed E-state index contributed by atoms with van der Waals surface area (Å²) >= 11 is 6.98. The zero-order chi connectivity index (χ0) is 21.1. The van der Waals surface area contributed by atoms with Gasteiger partial charge in [-0.25, -0.2) is 9.18 Å². The van der Waals surface area contributed by atoms with Crippen LogP contribution in [0.3, 0.4) is 0 Å². The van der Waals surface area contributed by atoms with Crippen molar-refractivity contribution >= 4 is 49.6 Å². The second kappa shape index (κ2) is 8.93. The number of rotatable bonds is 5. The maximum absolute atomic E-state index is 13.8. The van der Waals surface area contributed by atoms with Crippen molar-refractivity contribution in [1.82, 2.24) is 0 Å². The Balaban J connectivity index is 1.60. The first-order chi connectivity index (χ1) is 14.5. The third kappa shape index (κ3) is 4.37. The van der Waals surface area contributed by atoms with E-state index in [9.17, 15) is 9.18 Å². The summed E-state index contributed by atoms with van der Waals surface area (Å²) in [7, 11) is 0. The van der Waals surface area contributed by atoms with Gasteiger partial charge in [0.05, 0.1) is 14.5 Å². The Hall–Kier alpha value is -2.77. The van der Waals surface area contributed by atoms with E-state index in [1.54, 1.807) is 24.3 Å². The number of hydrogen-bond acceptors (Lipinski definition) is 4. The van der Waals surface area contributed by atoms with Gasteiger partial charge in [0.1, 0.15) is 23.9 Å². The van der Waals surface area contributed by atoms with Gasteiger partial charge in [-0.2, -0.15) is 0 Å². The van der Waals surface area contributed by atoms with E-state index in [2.05, 4.69) is 37.0 Å². The van der Waals surface area contributed by atoms with Crippen LogP contribution < -0.4 is 4.74 Å². The number of halogens is 3. The van der Waals surface area contributed by atoms with Crippen molar-refractivity contribution < 1.29 is 18.8 Å². The Morgan fingerprint density at radius 1 is 1.00 bits per heavy atom. The highest BCUT2D eigenvalue weighted by molar-refractivity contribution is 9.11. The lowest BCUT2D eigenvalue weighted by molar-refractivity contribution is -0.136. The average molecular weight is 531 g/mol. The average Bonchev–Trinajstić information content (AvgIpc) is 3.09. The molecule has 150 valence electrons. The largest absolute Gasteiger partial charge is 0.486 e. The van der Waals surface area contributed by atoms with Gasteiger partial charge < -0.3 is 9.57 Å². The standard InChI is InChI=1S/C23H14Br2FNO3/c24-18-11-14(10-17-21(27-30-23(17)28)15-6-2-1-3-7-15)12-19(25)22(18)29-13-16-8-4-5-9-20(16)26/h1-12H,13H2/b17-10-. The highest BCUT2D eigenvalue weighted by Crippen LogP contribution is 2.36. The van der Waals surface area contributed by atoms with Gasteiger partial charge in [-0.05, 0) is 61.7 Å². The predicted molar refractivity (Wildman–Crippen MR) is 120 cm³/mol. The van der Waals surface area contributed by atoms with Crippen molar-refractivity contribution in [3.63, 3.8) is 0 Å². The van der Waals surface area contributed by atoms with E-state index in [-0.39, 0.29) is 12.4 Å². The summed E-state index contributed by atoms with van der Waals surface area (Å²) in [6.07, 6.45) is 1.71. The number of carbonyl (C=O) groups is 1. The normalized spacial score (nSPS) is 14.6. The maximum Gasteiger partial charge on any atom is 0.368 e. The Morgan fingerprint density at radius 3 is 2.37 bits per heavy atom. The molecule has 0 saturated carbocycles. The van der Waals surface area contributed by atoms with Crippen molar-refractivity contribution in [2.45, 2.75) is 6.61 Å². The monoisotopic (exact) mass is 529 g/mol. The molecule has 4 rings (SSSR count). The number of hydrogen-bond donors (Lipinski definition) is 0. The first-order valence-electron chi connectivity index (χ1n) is 8.95. The van der Waals surface area contributed by atoms with Gasteiger partial charge in [0, 0.05) is 11.1 Å². The van der Waals surface area contributed by atoms with Gasteiger partial charge in [-0.15, -0.1) is 0 Å². The molecule has 1 heterocycles. The minimum Gasteiger partial charge on any atom is -0.486 e. The van der Waals surface area contributed by atoms with Crippen LogP contribution in [0.5, 0.6) is 5.75 Å². The fourth-order valence-corrected chi connectivity index (χ4v) is 4.40. The van der Waals surface area contributed by atoms with E-state index in [0.717, 1.165) is 11.1 Å². The summed E-state index contributed by atoms with van der Waals surface area (Å²) in [5.41, 5.74) is 2.83. The van der Waals surface area contributed by atoms with Crippen LogP contribution in [0.2, 0.25) is 0 Å². The lowest BCUT2D eigenvalue weighted by Gasteiger charge is -2.12. The molecule has 0 bridgehead atoms. The lowest BCUT2D eigenvalue weighted by Crippen LogP contribution is -2.06. The van der Waals surface area contributed by atoms with Crippen LogP contribution in [0.15, 0.2) is 86.4 Å². The molecule has 0 atom stereocenters. The van der Waals surface area contributed by atoms with E-state index in [4.69, 9.17) is 9.57 Å². The predicted octanol–water partition coefficient (Wildman–Crippen LogP) is 6.27. The molecule has 1 aliphatic rings. The summed E-state index contributed by atoms with van der Waals surface area (Å²) in [5, 5.41) is 3.91. The molecule has 4 nitrogen and oxygen atoms in total. The van der Waals surface area contributed by atoms with Crippen LogP contribution in [-0.4, -0.2) is 11.7 Å². The van der Waals surface area contributed by atoms with E-state index in [1.165, 1.54) is 6.07 Å². The minimum absolute atomic E-state index is 0.0848. The van der Waals surface area contributed by atoms with Crippen LogP contribution >= 0.6 is 31.9 Å². The fourth-order valence-electron chi connectivity index (χ4n) is 2.95. The zero-order valence-corrected chi connectivity index (χ0v) is 18.6. The zero-order valence-electron chi connectivity index (χ0n) is 15.4. The van der Waals surface area contributed by atoms with Crippen LogP contribution in [0.1, 0.15) is 16.7 Å². The molecular weight excluding hydrogens is 517 g/mol. The molecule has 0 saturated heterocycles. The molecule has 1 aliphatic heterocycles. The highest BCUT2D eigenvalue weighted by atomic mass is 79.9. The van der Waals surface area contributed by atoms with E-state index >= 15 is 0 Å². The molecule has 0 radical (unpaired) electrons. The summed E-state index contributed by atoms with van der Waals surface area (Å²) in [6.45, 7) is 0.0848. The van der Waals surface area contributed by atoms with Gasteiger partial charge in [-0.3, -0.25) is 0 Å². The van der Waals surface area contributed by atoms with E-state index in [1.807, 2.05) is 42.5 Å². The molecule has 3 aromatic rings. The number of ether oxygens (including phenoxy) is 1.